The Balaban J connectivity index is 1.55. The third-order valence-electron chi connectivity index (χ3n) is 6.11. The zero-order valence-electron chi connectivity index (χ0n) is 18.5. The highest BCUT2D eigenvalue weighted by Crippen LogP contribution is 2.36. The van der Waals surface area contributed by atoms with Gasteiger partial charge < -0.3 is 11.1 Å². The van der Waals surface area contributed by atoms with Gasteiger partial charge in [0.1, 0.15) is 5.82 Å². The Morgan fingerprint density at radius 1 is 1.03 bits per heavy atom. The van der Waals surface area contributed by atoms with Gasteiger partial charge in [-0.1, -0.05) is 36.4 Å². The number of amides is 1. The van der Waals surface area contributed by atoms with Gasteiger partial charge >= 0.3 is 0 Å². The maximum Gasteiger partial charge on any atom is 0.218 e. The van der Waals surface area contributed by atoms with E-state index < -0.39 is 10.0 Å². The van der Waals surface area contributed by atoms with Gasteiger partial charge in [-0.2, -0.15) is 4.31 Å². The second-order valence-corrected chi connectivity index (χ2v) is 10.5. The molecule has 1 aliphatic rings. The normalized spacial score (nSPS) is 19.2. The highest BCUT2D eigenvalue weighted by atomic mass is 32.2. The van der Waals surface area contributed by atoms with Crippen LogP contribution in [0.5, 0.6) is 0 Å². The summed E-state index contributed by atoms with van der Waals surface area (Å²) in [4.78, 5) is 10.8. The summed E-state index contributed by atoms with van der Waals surface area (Å²) in [5.41, 5.74) is 8.35. The Morgan fingerprint density at radius 3 is 2.19 bits per heavy atom. The Labute approximate surface area is 190 Å². The van der Waals surface area contributed by atoms with Crippen LogP contribution in [0, 0.1) is 5.82 Å². The van der Waals surface area contributed by atoms with E-state index in [9.17, 15) is 17.6 Å². The monoisotopic (exact) mass is 461 g/mol. The highest BCUT2D eigenvalue weighted by molar-refractivity contribution is 7.88. The number of carbonyl (C=O) groups excluding carboxylic acids is 1. The first kappa shape index (κ1) is 24.4. The number of nitrogens with one attached hydrogen (secondary N) is 1. The van der Waals surface area contributed by atoms with Gasteiger partial charge in [-0.3, -0.25) is 4.79 Å². The molecule has 0 heterocycles. The largest absolute Gasteiger partial charge is 0.370 e. The summed E-state index contributed by atoms with van der Waals surface area (Å²) >= 11 is 0. The van der Waals surface area contributed by atoms with Crippen molar-refractivity contribution in [3.8, 4) is 0 Å². The molecule has 0 unspecified atom stereocenters. The second-order valence-electron chi connectivity index (χ2n) is 8.57. The summed E-state index contributed by atoms with van der Waals surface area (Å²) in [5, 5.41) is 3.20. The lowest BCUT2D eigenvalue weighted by atomic mass is 9.81. The molecular formula is C24H32FN3O3S. The van der Waals surface area contributed by atoms with Crippen LogP contribution in [0.3, 0.4) is 0 Å². The second kappa shape index (κ2) is 11.0. The number of carbonyl (C=O) groups is 1. The number of nitrogens with zero attached hydrogens (tertiary/aromatic N) is 1. The molecule has 2 aromatic rings. The van der Waals surface area contributed by atoms with Crippen molar-refractivity contribution in [1.29, 1.82) is 0 Å². The fraction of sp³-hybridized carbons (Fsp3) is 0.458. The number of sulfonamides is 1. The van der Waals surface area contributed by atoms with Gasteiger partial charge in [-0.05, 0) is 60.4 Å². The van der Waals surface area contributed by atoms with Gasteiger partial charge in [-0.25, -0.2) is 12.8 Å². The van der Waals surface area contributed by atoms with E-state index in [1.165, 1.54) is 24.0 Å². The summed E-state index contributed by atoms with van der Waals surface area (Å²) in [5.74, 6) is -0.224. The summed E-state index contributed by atoms with van der Waals surface area (Å²) in [6.45, 7) is 1.52. The summed E-state index contributed by atoms with van der Waals surface area (Å²) in [6, 6.07) is 14.4. The lowest BCUT2D eigenvalue weighted by molar-refractivity contribution is -0.117. The molecule has 1 aliphatic carbocycles. The van der Waals surface area contributed by atoms with E-state index >= 15 is 0 Å². The molecular weight excluding hydrogens is 429 g/mol. The molecule has 0 spiro atoms. The molecule has 2 aromatic carbocycles. The van der Waals surface area contributed by atoms with E-state index in [4.69, 9.17) is 5.73 Å². The SMILES string of the molecule is CS(=O)(=O)N(Cc1ccc(F)cc1)C1CCC(c2ccc(CNCCC(N)=O)cc2)CC1. The summed E-state index contributed by atoms with van der Waals surface area (Å²) in [6.07, 6.45) is 5.03. The predicted molar refractivity (Wildman–Crippen MR) is 124 cm³/mol. The molecule has 0 aliphatic heterocycles. The molecule has 3 rings (SSSR count). The molecule has 174 valence electrons. The van der Waals surface area contributed by atoms with E-state index in [-0.39, 0.29) is 24.3 Å². The number of primary amides is 1. The van der Waals surface area contributed by atoms with Gasteiger partial charge in [0.2, 0.25) is 15.9 Å². The molecule has 8 heteroatoms. The minimum absolute atomic E-state index is 0.0416. The average Bonchev–Trinajstić information content (AvgIpc) is 2.76. The standard InChI is InChI=1S/C24H32FN3O3S/c1-32(30,31)28(17-19-4-10-22(25)11-5-19)23-12-8-21(9-13-23)20-6-2-18(3-7-20)16-27-15-14-24(26)29/h2-7,10-11,21,23,27H,8-9,12-17H2,1H3,(H2,26,29). The quantitative estimate of drug-likeness (QED) is 0.531. The Kier molecular flexibility index (Phi) is 8.39. The van der Waals surface area contributed by atoms with Gasteiger partial charge in [0.15, 0.2) is 0 Å². The number of nitrogens with two attached hydrogens (primary N) is 1. The zero-order valence-corrected chi connectivity index (χ0v) is 19.3. The fourth-order valence-electron chi connectivity index (χ4n) is 4.34. The van der Waals surface area contributed by atoms with E-state index in [0.29, 0.717) is 25.4 Å². The van der Waals surface area contributed by atoms with E-state index in [2.05, 4.69) is 29.6 Å². The Morgan fingerprint density at radius 2 is 1.62 bits per heavy atom. The van der Waals surface area contributed by atoms with Gasteiger partial charge in [-0.15, -0.1) is 0 Å². The number of benzene rings is 2. The lowest BCUT2D eigenvalue weighted by Crippen LogP contribution is -2.41. The first-order chi connectivity index (χ1) is 15.2. The molecule has 0 radical (unpaired) electrons. The van der Waals surface area contributed by atoms with Crippen molar-refractivity contribution in [3.63, 3.8) is 0 Å². The summed E-state index contributed by atoms with van der Waals surface area (Å²) < 4.78 is 39.7. The number of hydrogen-bond acceptors (Lipinski definition) is 4. The third-order valence-corrected chi connectivity index (χ3v) is 7.39. The van der Waals surface area contributed by atoms with Crippen molar-refractivity contribution in [2.24, 2.45) is 5.73 Å². The van der Waals surface area contributed by atoms with Crippen LogP contribution in [0.25, 0.3) is 0 Å². The minimum atomic E-state index is -3.37. The van der Waals surface area contributed by atoms with Crippen LogP contribution < -0.4 is 11.1 Å². The van der Waals surface area contributed by atoms with Gasteiger partial charge in [0, 0.05) is 32.1 Å². The molecule has 3 N–H and O–H groups in total. The van der Waals surface area contributed by atoms with Crippen LogP contribution in [0.15, 0.2) is 48.5 Å². The maximum atomic E-state index is 13.2. The predicted octanol–water partition coefficient (Wildman–Crippen LogP) is 3.28. The highest BCUT2D eigenvalue weighted by Gasteiger charge is 2.31. The van der Waals surface area contributed by atoms with Crippen LogP contribution in [-0.4, -0.2) is 37.5 Å². The van der Waals surface area contributed by atoms with Crippen molar-refractivity contribution in [2.45, 2.75) is 57.2 Å². The molecule has 1 fully saturated rings. The molecule has 0 saturated heterocycles. The molecule has 1 saturated carbocycles. The molecule has 0 atom stereocenters. The lowest BCUT2D eigenvalue weighted by Gasteiger charge is -2.35. The van der Waals surface area contributed by atoms with Crippen LogP contribution in [0.2, 0.25) is 0 Å². The molecule has 0 bridgehead atoms. The van der Waals surface area contributed by atoms with Crippen LogP contribution in [-0.2, 0) is 27.9 Å². The van der Waals surface area contributed by atoms with E-state index in [1.807, 2.05) is 0 Å². The van der Waals surface area contributed by atoms with Crippen LogP contribution >= 0.6 is 0 Å². The zero-order chi connectivity index (χ0) is 23.1. The van der Waals surface area contributed by atoms with Crippen molar-refractivity contribution in [3.05, 3.63) is 71.0 Å². The first-order valence-corrected chi connectivity index (χ1v) is 12.9. The van der Waals surface area contributed by atoms with Gasteiger partial charge in [0.25, 0.3) is 0 Å². The smallest absolute Gasteiger partial charge is 0.218 e. The van der Waals surface area contributed by atoms with Crippen LogP contribution in [0.4, 0.5) is 4.39 Å². The Hall–Kier alpha value is -2.29. The fourth-order valence-corrected chi connectivity index (χ4v) is 5.47. The number of rotatable bonds is 10. The van der Waals surface area contributed by atoms with Crippen molar-refractivity contribution in [2.75, 3.05) is 12.8 Å². The Bertz CT molecular complexity index is 986. The molecule has 32 heavy (non-hydrogen) atoms. The van der Waals surface area contributed by atoms with Crippen molar-refractivity contribution in [1.82, 2.24) is 9.62 Å². The van der Waals surface area contributed by atoms with Gasteiger partial charge in [0.05, 0.1) is 6.26 Å². The summed E-state index contributed by atoms with van der Waals surface area (Å²) in [7, 11) is -3.37. The van der Waals surface area contributed by atoms with Crippen molar-refractivity contribution < 1.29 is 17.6 Å². The van der Waals surface area contributed by atoms with E-state index in [1.54, 1.807) is 16.4 Å². The molecule has 1 amide bonds. The average molecular weight is 462 g/mol. The first-order valence-electron chi connectivity index (χ1n) is 11.0. The maximum absolute atomic E-state index is 13.2. The molecule has 0 aromatic heterocycles. The third kappa shape index (κ3) is 7.12. The minimum Gasteiger partial charge on any atom is -0.370 e. The topological polar surface area (TPSA) is 92.5 Å². The molecule has 6 nitrogen and oxygen atoms in total. The van der Waals surface area contributed by atoms with Crippen molar-refractivity contribution >= 4 is 15.9 Å². The van der Waals surface area contributed by atoms with E-state index in [0.717, 1.165) is 36.8 Å². The van der Waals surface area contributed by atoms with Crippen LogP contribution in [0.1, 0.15) is 54.7 Å². The number of hydrogen-bond donors (Lipinski definition) is 2. The number of halogens is 1.